The van der Waals surface area contributed by atoms with E-state index in [0.717, 1.165) is 16.2 Å². The van der Waals surface area contributed by atoms with Gasteiger partial charge in [-0.1, -0.05) is 32.4 Å². The van der Waals surface area contributed by atoms with Crippen molar-refractivity contribution in [1.29, 1.82) is 0 Å². The molecule has 4 amide bonds. The van der Waals surface area contributed by atoms with Crippen molar-refractivity contribution in [1.82, 2.24) is 15.2 Å². The lowest BCUT2D eigenvalue weighted by Crippen LogP contribution is -2.51. The summed E-state index contributed by atoms with van der Waals surface area (Å²) in [7, 11) is 2.76. The number of imide groups is 1. The smallest absolute Gasteiger partial charge is 0.357 e. The Morgan fingerprint density at radius 3 is 2.53 bits per heavy atom. The summed E-state index contributed by atoms with van der Waals surface area (Å²) in [5, 5.41) is 6.89. The summed E-state index contributed by atoms with van der Waals surface area (Å²) in [5.41, 5.74) is 0.639. The van der Waals surface area contributed by atoms with Crippen molar-refractivity contribution in [2.24, 2.45) is 5.92 Å². The maximum atomic E-state index is 13.2. The van der Waals surface area contributed by atoms with E-state index in [2.05, 4.69) is 20.4 Å². The van der Waals surface area contributed by atoms with E-state index in [1.165, 1.54) is 19.6 Å². The van der Waals surface area contributed by atoms with Crippen LogP contribution < -0.4 is 15.4 Å². The summed E-state index contributed by atoms with van der Waals surface area (Å²) < 4.78 is 9.74. The molecule has 2 aromatic rings. The van der Waals surface area contributed by atoms with Crippen molar-refractivity contribution in [3.05, 3.63) is 40.9 Å². The van der Waals surface area contributed by atoms with Crippen LogP contribution in [0, 0.1) is 5.92 Å². The van der Waals surface area contributed by atoms with Gasteiger partial charge in [0.25, 0.3) is 5.91 Å². The first-order valence-electron chi connectivity index (χ1n) is 9.92. The van der Waals surface area contributed by atoms with Crippen LogP contribution in [-0.2, 0) is 14.3 Å². The Hall–Kier alpha value is -3.47. The number of anilines is 1. The number of carbonyl (C=O) groups excluding carboxylic acids is 4. The molecule has 1 aliphatic heterocycles. The van der Waals surface area contributed by atoms with Gasteiger partial charge >= 0.3 is 12.0 Å². The zero-order valence-electron chi connectivity index (χ0n) is 18.1. The Labute approximate surface area is 188 Å². The van der Waals surface area contributed by atoms with Crippen LogP contribution in [0.1, 0.15) is 42.4 Å². The van der Waals surface area contributed by atoms with Crippen LogP contribution in [-0.4, -0.2) is 54.0 Å². The predicted molar refractivity (Wildman–Crippen MR) is 116 cm³/mol. The highest BCUT2D eigenvalue weighted by atomic mass is 32.1. The maximum Gasteiger partial charge on any atom is 0.357 e. The van der Waals surface area contributed by atoms with E-state index in [9.17, 15) is 19.2 Å². The number of benzene rings is 1. The van der Waals surface area contributed by atoms with Gasteiger partial charge in [0.05, 0.1) is 14.2 Å². The molecular formula is C21H24N4O6S. The SMILES string of the molecule is CC[C@@H](C)[C@@H](C(=O)Nc1nc(C(=O)OC)cs1)N1C(=O)NC(c2ccc(OC)cc2)C1=O. The molecule has 2 heterocycles. The Bertz CT molecular complexity index is 1020. The van der Waals surface area contributed by atoms with Gasteiger partial charge in [-0.15, -0.1) is 11.3 Å². The van der Waals surface area contributed by atoms with Crippen LogP contribution in [0.2, 0.25) is 0 Å². The first-order valence-corrected chi connectivity index (χ1v) is 10.8. The molecule has 1 fully saturated rings. The second-order valence-electron chi connectivity index (χ2n) is 7.21. The average molecular weight is 461 g/mol. The molecule has 2 N–H and O–H groups in total. The third kappa shape index (κ3) is 4.57. The minimum absolute atomic E-state index is 0.0578. The molecule has 1 aromatic carbocycles. The number of rotatable bonds is 8. The average Bonchev–Trinajstić information content (AvgIpc) is 3.38. The second-order valence-corrected chi connectivity index (χ2v) is 8.07. The normalized spacial score (nSPS) is 17.5. The van der Waals surface area contributed by atoms with E-state index in [-0.39, 0.29) is 16.7 Å². The lowest BCUT2D eigenvalue weighted by atomic mass is 9.96. The van der Waals surface area contributed by atoms with Gasteiger partial charge in [-0.3, -0.25) is 9.59 Å². The van der Waals surface area contributed by atoms with Gasteiger partial charge in [-0.2, -0.15) is 0 Å². The van der Waals surface area contributed by atoms with E-state index in [4.69, 9.17) is 4.74 Å². The number of hydrogen-bond donors (Lipinski definition) is 2. The molecule has 0 saturated carbocycles. The quantitative estimate of drug-likeness (QED) is 0.458. The monoisotopic (exact) mass is 460 g/mol. The number of amides is 4. The molecule has 0 bridgehead atoms. The molecule has 3 atom stereocenters. The van der Waals surface area contributed by atoms with Gasteiger partial charge < -0.3 is 20.1 Å². The Balaban J connectivity index is 1.83. The van der Waals surface area contributed by atoms with E-state index >= 15 is 0 Å². The van der Waals surface area contributed by atoms with Gasteiger partial charge in [0.2, 0.25) is 5.91 Å². The van der Waals surface area contributed by atoms with Crippen molar-refractivity contribution in [3.63, 3.8) is 0 Å². The van der Waals surface area contributed by atoms with Crippen molar-refractivity contribution in [2.45, 2.75) is 32.4 Å². The van der Waals surface area contributed by atoms with Crippen LogP contribution >= 0.6 is 11.3 Å². The highest BCUT2D eigenvalue weighted by molar-refractivity contribution is 7.14. The number of urea groups is 1. The molecule has 0 aliphatic carbocycles. The van der Waals surface area contributed by atoms with E-state index in [1.807, 2.05) is 6.92 Å². The fourth-order valence-corrected chi connectivity index (χ4v) is 4.02. The topological polar surface area (TPSA) is 127 Å². The molecule has 1 unspecified atom stereocenters. The van der Waals surface area contributed by atoms with E-state index in [0.29, 0.717) is 17.7 Å². The fraction of sp³-hybridized carbons (Fsp3) is 0.381. The Kier molecular flexibility index (Phi) is 7.08. The van der Waals surface area contributed by atoms with E-state index < -0.39 is 35.9 Å². The van der Waals surface area contributed by atoms with Crippen molar-refractivity contribution in [2.75, 3.05) is 19.5 Å². The standard InChI is InChI=1S/C21H24N4O6S/c1-5-11(2)16(17(26)24-20-22-14(10-32-20)19(28)31-4)25-18(27)15(23-21(25)29)12-6-8-13(30-3)9-7-12/h6-11,15-16H,5H2,1-4H3,(H,23,29)(H,22,24,26)/t11-,15?,16+/m1/s1. The summed E-state index contributed by atoms with van der Waals surface area (Å²) in [6.45, 7) is 3.65. The molecule has 1 aromatic heterocycles. The summed E-state index contributed by atoms with van der Waals surface area (Å²) >= 11 is 1.04. The number of esters is 1. The number of methoxy groups -OCH3 is 2. The van der Waals surface area contributed by atoms with Crippen molar-refractivity contribution >= 4 is 40.3 Å². The number of carbonyl (C=O) groups is 4. The van der Waals surface area contributed by atoms with Crippen LogP contribution in [0.3, 0.4) is 0 Å². The third-order valence-electron chi connectivity index (χ3n) is 5.28. The number of nitrogens with zero attached hydrogens (tertiary/aromatic N) is 2. The van der Waals surface area contributed by atoms with Gasteiger partial charge in [0.1, 0.15) is 17.8 Å². The largest absolute Gasteiger partial charge is 0.497 e. The van der Waals surface area contributed by atoms with Gasteiger partial charge in [-0.25, -0.2) is 19.5 Å². The molecule has 0 spiro atoms. The highest BCUT2D eigenvalue weighted by Gasteiger charge is 2.47. The number of thiazole rings is 1. The molecular weight excluding hydrogens is 436 g/mol. The lowest BCUT2D eigenvalue weighted by molar-refractivity contribution is -0.135. The second kappa shape index (κ2) is 9.77. The molecule has 1 saturated heterocycles. The first-order chi connectivity index (χ1) is 15.3. The van der Waals surface area contributed by atoms with Gasteiger partial charge in [0.15, 0.2) is 10.8 Å². The zero-order chi connectivity index (χ0) is 23.4. The van der Waals surface area contributed by atoms with Crippen LogP contribution in [0.4, 0.5) is 9.93 Å². The first kappa shape index (κ1) is 23.2. The lowest BCUT2D eigenvalue weighted by Gasteiger charge is -2.28. The Morgan fingerprint density at radius 1 is 1.25 bits per heavy atom. The summed E-state index contributed by atoms with van der Waals surface area (Å²) in [4.78, 5) is 55.6. The van der Waals surface area contributed by atoms with Gasteiger partial charge in [-0.05, 0) is 23.6 Å². The molecule has 3 rings (SSSR count). The minimum Gasteiger partial charge on any atom is -0.497 e. The van der Waals surface area contributed by atoms with E-state index in [1.54, 1.807) is 31.2 Å². The minimum atomic E-state index is -1.05. The Morgan fingerprint density at radius 2 is 1.94 bits per heavy atom. The van der Waals surface area contributed by atoms with Crippen LogP contribution in [0.5, 0.6) is 5.75 Å². The number of ether oxygens (including phenoxy) is 2. The molecule has 10 nitrogen and oxygen atoms in total. The zero-order valence-corrected chi connectivity index (χ0v) is 18.9. The summed E-state index contributed by atoms with van der Waals surface area (Å²) in [6.07, 6.45) is 0.549. The summed E-state index contributed by atoms with van der Waals surface area (Å²) in [5.74, 6) is -1.41. The molecule has 32 heavy (non-hydrogen) atoms. The predicted octanol–water partition coefficient (Wildman–Crippen LogP) is 2.58. The number of nitrogens with one attached hydrogen (secondary N) is 2. The molecule has 170 valence electrons. The van der Waals surface area contributed by atoms with Gasteiger partial charge in [0, 0.05) is 5.38 Å². The number of hydrogen-bond acceptors (Lipinski definition) is 8. The third-order valence-corrected chi connectivity index (χ3v) is 6.04. The van der Waals surface area contributed by atoms with Crippen molar-refractivity contribution in [3.8, 4) is 5.75 Å². The molecule has 0 radical (unpaired) electrons. The highest BCUT2D eigenvalue weighted by Crippen LogP contribution is 2.29. The van der Waals surface area contributed by atoms with Crippen LogP contribution in [0.25, 0.3) is 0 Å². The molecule has 11 heteroatoms. The maximum absolute atomic E-state index is 13.2. The van der Waals surface area contributed by atoms with Crippen molar-refractivity contribution < 1.29 is 28.7 Å². The summed E-state index contributed by atoms with van der Waals surface area (Å²) in [6, 6.07) is 4.15. The fourth-order valence-electron chi connectivity index (χ4n) is 3.34. The molecule has 1 aliphatic rings. The number of aromatic nitrogens is 1. The van der Waals surface area contributed by atoms with Crippen LogP contribution in [0.15, 0.2) is 29.6 Å².